The topological polar surface area (TPSA) is 86.2 Å². The van der Waals surface area contributed by atoms with Gasteiger partial charge in [-0.05, 0) is 22.0 Å². The molecule has 0 atom stereocenters. The first-order valence-electron chi connectivity index (χ1n) is 3.36. The lowest BCUT2D eigenvalue weighted by molar-refractivity contribution is -0.387. The molecule has 0 spiro atoms. The molecule has 0 aliphatic carbocycles. The van der Waals surface area contributed by atoms with E-state index in [4.69, 9.17) is 5.73 Å². The van der Waals surface area contributed by atoms with Crippen molar-refractivity contribution >= 4 is 27.5 Å². The Bertz CT molecular complexity index is 386. The third-order valence-corrected chi connectivity index (χ3v) is 2.15. The van der Waals surface area contributed by atoms with Gasteiger partial charge in [-0.1, -0.05) is 0 Å². The summed E-state index contributed by atoms with van der Waals surface area (Å²) in [7, 11) is 0. The molecule has 0 heterocycles. The quantitative estimate of drug-likeness (QED) is 0.649. The molecule has 5 nitrogen and oxygen atoms in total. The summed E-state index contributed by atoms with van der Waals surface area (Å²) in [6, 6.07) is 1.62. The predicted octanol–water partition coefficient (Wildman–Crippen LogP) is 1.60. The first kappa shape index (κ1) is 10.6. The van der Waals surface area contributed by atoms with Crippen molar-refractivity contribution < 1.29 is 14.1 Å². The summed E-state index contributed by atoms with van der Waals surface area (Å²) < 4.78 is 13.0. The van der Waals surface area contributed by atoms with Crippen molar-refractivity contribution in [2.45, 2.75) is 0 Å². The molecule has 0 bridgehead atoms. The van der Waals surface area contributed by atoms with Crippen molar-refractivity contribution in [1.29, 1.82) is 0 Å². The number of nitrogens with two attached hydrogens (primary N) is 1. The summed E-state index contributed by atoms with van der Waals surface area (Å²) in [6.07, 6.45) is 0. The van der Waals surface area contributed by atoms with Crippen molar-refractivity contribution in [3.05, 3.63) is 38.1 Å². The van der Waals surface area contributed by atoms with Crippen LogP contribution >= 0.6 is 15.9 Å². The summed E-state index contributed by atoms with van der Waals surface area (Å²) in [5, 5.41) is 10.3. The van der Waals surface area contributed by atoms with Crippen LogP contribution in [0.2, 0.25) is 0 Å². The zero-order chi connectivity index (χ0) is 10.9. The minimum Gasteiger partial charge on any atom is -0.366 e. The van der Waals surface area contributed by atoms with Gasteiger partial charge in [-0.15, -0.1) is 0 Å². The lowest BCUT2D eigenvalue weighted by Crippen LogP contribution is -2.12. The van der Waals surface area contributed by atoms with E-state index < -0.39 is 22.3 Å². The number of nitrogens with zero attached hydrogens (tertiary/aromatic N) is 1. The molecule has 74 valence electrons. The molecule has 1 aromatic rings. The fraction of sp³-hybridized carbons (Fsp3) is 0. The van der Waals surface area contributed by atoms with Gasteiger partial charge in [0.1, 0.15) is 0 Å². The van der Waals surface area contributed by atoms with E-state index >= 15 is 0 Å². The average molecular weight is 263 g/mol. The van der Waals surface area contributed by atoms with Gasteiger partial charge in [-0.25, -0.2) is 0 Å². The van der Waals surface area contributed by atoms with Gasteiger partial charge in [0, 0.05) is 10.5 Å². The normalized spacial score (nSPS) is 9.86. The van der Waals surface area contributed by atoms with Crippen molar-refractivity contribution in [2.75, 3.05) is 0 Å². The van der Waals surface area contributed by atoms with E-state index in [0.29, 0.717) is 0 Å². The Kier molecular flexibility index (Phi) is 2.80. The van der Waals surface area contributed by atoms with E-state index in [1.165, 1.54) is 0 Å². The molecule has 7 heteroatoms. The fourth-order valence-corrected chi connectivity index (χ4v) is 1.38. The van der Waals surface area contributed by atoms with E-state index in [1.807, 2.05) is 0 Å². The molecule has 0 aliphatic heterocycles. The Morgan fingerprint density at radius 1 is 1.57 bits per heavy atom. The van der Waals surface area contributed by atoms with Gasteiger partial charge >= 0.3 is 5.69 Å². The maximum atomic E-state index is 12.9. The van der Waals surface area contributed by atoms with Crippen molar-refractivity contribution in [3.8, 4) is 0 Å². The van der Waals surface area contributed by atoms with Gasteiger partial charge in [-0.2, -0.15) is 4.39 Å². The van der Waals surface area contributed by atoms with Crippen LogP contribution in [0.1, 0.15) is 10.4 Å². The molecule has 0 aliphatic rings. The van der Waals surface area contributed by atoms with Gasteiger partial charge in [0.25, 0.3) is 0 Å². The van der Waals surface area contributed by atoms with Crippen molar-refractivity contribution in [2.24, 2.45) is 5.73 Å². The minimum absolute atomic E-state index is 0.0908. The highest BCUT2D eigenvalue weighted by molar-refractivity contribution is 9.10. The molecular formula is C7H4BrFN2O3. The third-order valence-electron chi connectivity index (χ3n) is 1.50. The molecule has 2 N–H and O–H groups in total. The standard InChI is InChI=1S/C7H4BrFN2O3/c8-4-2-5(9)6(11(13)14)1-3(4)7(10)12/h1-2H,(H2,10,12). The minimum atomic E-state index is -1.02. The van der Waals surface area contributed by atoms with Gasteiger partial charge in [0.2, 0.25) is 11.7 Å². The van der Waals surface area contributed by atoms with Crippen molar-refractivity contribution in [1.82, 2.24) is 0 Å². The van der Waals surface area contributed by atoms with Crippen LogP contribution in [0.4, 0.5) is 10.1 Å². The van der Waals surface area contributed by atoms with E-state index in [1.54, 1.807) is 0 Å². The number of benzene rings is 1. The Labute approximate surface area is 86.0 Å². The third kappa shape index (κ3) is 1.87. The molecule has 1 rings (SSSR count). The van der Waals surface area contributed by atoms with E-state index in [9.17, 15) is 19.3 Å². The van der Waals surface area contributed by atoms with Gasteiger partial charge in [0.05, 0.1) is 10.5 Å². The number of hydrogen-bond donors (Lipinski definition) is 1. The molecule has 0 unspecified atom stereocenters. The Balaban J connectivity index is 3.42. The zero-order valence-electron chi connectivity index (χ0n) is 6.66. The van der Waals surface area contributed by atoms with Gasteiger partial charge in [-0.3, -0.25) is 14.9 Å². The number of carbonyl (C=O) groups excluding carboxylic acids is 1. The van der Waals surface area contributed by atoms with Crippen LogP contribution in [0.25, 0.3) is 0 Å². The van der Waals surface area contributed by atoms with E-state index in [-0.39, 0.29) is 10.0 Å². The first-order valence-corrected chi connectivity index (χ1v) is 4.16. The van der Waals surface area contributed by atoms with Crippen LogP contribution in [-0.4, -0.2) is 10.8 Å². The monoisotopic (exact) mass is 262 g/mol. The predicted molar refractivity (Wildman–Crippen MR) is 49.3 cm³/mol. The first-order chi connectivity index (χ1) is 6.43. The number of hydrogen-bond acceptors (Lipinski definition) is 3. The molecule has 0 saturated carbocycles. The largest absolute Gasteiger partial charge is 0.366 e. The summed E-state index contributed by atoms with van der Waals surface area (Å²) >= 11 is 2.87. The molecular weight excluding hydrogens is 259 g/mol. The molecule has 14 heavy (non-hydrogen) atoms. The summed E-state index contributed by atoms with van der Waals surface area (Å²) in [4.78, 5) is 20.1. The molecule has 0 radical (unpaired) electrons. The summed E-state index contributed by atoms with van der Waals surface area (Å²) in [6.45, 7) is 0. The number of carbonyl (C=O) groups is 1. The van der Waals surface area contributed by atoms with Crippen LogP contribution in [0.15, 0.2) is 16.6 Å². The smallest absolute Gasteiger partial charge is 0.305 e. The second kappa shape index (κ2) is 3.70. The Morgan fingerprint density at radius 3 is 2.57 bits per heavy atom. The number of halogens is 2. The fourth-order valence-electron chi connectivity index (χ4n) is 0.866. The summed E-state index contributed by atoms with van der Waals surface area (Å²) in [5.41, 5.74) is 4.02. The molecule has 0 aromatic heterocycles. The lowest BCUT2D eigenvalue weighted by Gasteiger charge is -2.00. The van der Waals surface area contributed by atoms with E-state index in [0.717, 1.165) is 12.1 Å². The van der Waals surface area contributed by atoms with Gasteiger partial charge < -0.3 is 5.73 Å². The van der Waals surface area contributed by atoms with Crippen LogP contribution in [0.5, 0.6) is 0 Å². The molecule has 1 aromatic carbocycles. The zero-order valence-corrected chi connectivity index (χ0v) is 8.25. The van der Waals surface area contributed by atoms with Crippen LogP contribution in [0, 0.1) is 15.9 Å². The van der Waals surface area contributed by atoms with Crippen LogP contribution in [0.3, 0.4) is 0 Å². The lowest BCUT2D eigenvalue weighted by atomic mass is 10.2. The second-order valence-electron chi connectivity index (χ2n) is 2.40. The number of nitro groups is 1. The Hall–Kier alpha value is -1.50. The second-order valence-corrected chi connectivity index (χ2v) is 3.26. The maximum Gasteiger partial charge on any atom is 0.305 e. The SMILES string of the molecule is NC(=O)c1cc([N+](=O)[O-])c(F)cc1Br. The van der Waals surface area contributed by atoms with Crippen LogP contribution < -0.4 is 5.73 Å². The molecule has 0 saturated heterocycles. The molecule has 0 fully saturated rings. The highest BCUT2D eigenvalue weighted by atomic mass is 79.9. The van der Waals surface area contributed by atoms with E-state index in [2.05, 4.69) is 15.9 Å². The highest BCUT2D eigenvalue weighted by Gasteiger charge is 2.19. The Morgan fingerprint density at radius 2 is 2.14 bits per heavy atom. The average Bonchev–Trinajstić information content (AvgIpc) is 2.02. The maximum absolute atomic E-state index is 12.9. The highest BCUT2D eigenvalue weighted by Crippen LogP contribution is 2.25. The van der Waals surface area contributed by atoms with Gasteiger partial charge in [0.15, 0.2) is 0 Å². The number of rotatable bonds is 2. The summed E-state index contributed by atoms with van der Waals surface area (Å²) in [5.74, 6) is -1.88. The van der Waals surface area contributed by atoms with Crippen molar-refractivity contribution in [3.63, 3.8) is 0 Å². The number of amides is 1. The van der Waals surface area contributed by atoms with Crippen LogP contribution in [-0.2, 0) is 0 Å². The molecule has 1 amide bonds. The number of nitro benzene ring substituents is 1. The number of primary amides is 1.